The molecule has 5 nitrogen and oxygen atoms in total. The van der Waals surface area contributed by atoms with Crippen molar-refractivity contribution >= 4 is 17.5 Å². The summed E-state index contributed by atoms with van der Waals surface area (Å²) in [5, 5.41) is 16.5. The molecule has 1 atom stereocenters. The average Bonchev–Trinajstić information content (AvgIpc) is 2.62. The summed E-state index contributed by atoms with van der Waals surface area (Å²) < 4.78 is 4.81. The van der Waals surface area contributed by atoms with E-state index in [9.17, 15) is 9.90 Å². The van der Waals surface area contributed by atoms with Crippen molar-refractivity contribution in [3.8, 4) is 0 Å². The van der Waals surface area contributed by atoms with Crippen LogP contribution in [0.15, 0.2) is 4.52 Å². The van der Waals surface area contributed by atoms with Crippen molar-refractivity contribution in [2.75, 3.05) is 6.54 Å². The highest BCUT2D eigenvalue weighted by Crippen LogP contribution is 2.20. The van der Waals surface area contributed by atoms with Gasteiger partial charge in [-0.15, -0.1) is 0 Å². The number of aryl methyl sites for hydroxylation is 1. The molecule has 0 radical (unpaired) electrons. The Morgan fingerprint density at radius 1 is 1.53 bits per heavy atom. The minimum Gasteiger partial charge on any atom is -0.391 e. The van der Waals surface area contributed by atoms with Crippen LogP contribution < -0.4 is 5.32 Å². The van der Waals surface area contributed by atoms with Crippen LogP contribution in [-0.2, 0) is 11.2 Å². The lowest BCUT2D eigenvalue weighted by Gasteiger charge is -2.25. The van der Waals surface area contributed by atoms with Gasteiger partial charge in [0, 0.05) is 18.5 Å². The number of rotatable bonds is 5. The van der Waals surface area contributed by atoms with E-state index in [0.29, 0.717) is 18.5 Å². The zero-order valence-electron chi connectivity index (χ0n) is 11.8. The van der Waals surface area contributed by atoms with Gasteiger partial charge in [0.2, 0.25) is 11.1 Å². The van der Waals surface area contributed by atoms with Crippen molar-refractivity contribution in [1.29, 1.82) is 0 Å². The van der Waals surface area contributed by atoms with Gasteiger partial charge in [-0.25, -0.2) is 0 Å². The summed E-state index contributed by atoms with van der Waals surface area (Å²) in [6, 6.07) is 0. The molecular weight excluding hydrogens is 268 g/mol. The SMILES string of the molecule is Cc1noc(Cl)c1CCC(=O)NCC(O)C(C)(C)C. The quantitative estimate of drug-likeness (QED) is 0.870. The molecule has 0 aliphatic rings. The van der Waals surface area contributed by atoms with Crippen LogP contribution in [0, 0.1) is 12.3 Å². The van der Waals surface area contributed by atoms with Crippen LogP contribution in [0.4, 0.5) is 0 Å². The van der Waals surface area contributed by atoms with Crippen molar-refractivity contribution in [1.82, 2.24) is 10.5 Å². The number of halogens is 1. The second-order valence-corrected chi connectivity index (χ2v) is 6.05. The molecule has 0 aliphatic carbocycles. The monoisotopic (exact) mass is 288 g/mol. The topological polar surface area (TPSA) is 75.4 Å². The smallest absolute Gasteiger partial charge is 0.229 e. The third-order valence-electron chi connectivity index (χ3n) is 3.03. The lowest BCUT2D eigenvalue weighted by atomic mass is 9.89. The van der Waals surface area contributed by atoms with E-state index in [1.54, 1.807) is 6.92 Å². The molecule has 0 saturated carbocycles. The molecule has 0 bridgehead atoms. The zero-order chi connectivity index (χ0) is 14.6. The maximum absolute atomic E-state index is 11.7. The minimum atomic E-state index is -0.572. The highest BCUT2D eigenvalue weighted by Gasteiger charge is 2.22. The van der Waals surface area contributed by atoms with Gasteiger partial charge in [0.15, 0.2) is 0 Å². The Kier molecular flexibility index (Phi) is 5.38. The lowest BCUT2D eigenvalue weighted by Crippen LogP contribution is -2.39. The van der Waals surface area contributed by atoms with E-state index in [1.165, 1.54) is 0 Å². The second-order valence-electron chi connectivity index (χ2n) is 5.71. The maximum Gasteiger partial charge on any atom is 0.229 e. The third-order valence-corrected chi connectivity index (χ3v) is 3.33. The molecule has 1 heterocycles. The molecule has 0 aromatic carbocycles. The largest absolute Gasteiger partial charge is 0.391 e. The summed E-state index contributed by atoms with van der Waals surface area (Å²) in [7, 11) is 0. The fourth-order valence-corrected chi connectivity index (χ4v) is 1.75. The molecule has 2 N–H and O–H groups in total. The number of nitrogens with one attached hydrogen (secondary N) is 1. The summed E-state index contributed by atoms with van der Waals surface area (Å²) in [6.07, 6.45) is 0.196. The fourth-order valence-electron chi connectivity index (χ4n) is 1.48. The Morgan fingerprint density at radius 3 is 2.63 bits per heavy atom. The van der Waals surface area contributed by atoms with E-state index < -0.39 is 6.10 Å². The van der Waals surface area contributed by atoms with Crippen LogP contribution in [0.1, 0.15) is 38.4 Å². The Bertz CT molecular complexity index is 418. The molecule has 1 amide bonds. The number of amides is 1. The van der Waals surface area contributed by atoms with Gasteiger partial charge in [0.25, 0.3) is 0 Å². The number of aliphatic hydroxyl groups excluding tert-OH is 1. The van der Waals surface area contributed by atoms with Gasteiger partial charge in [-0.05, 0) is 30.4 Å². The molecule has 108 valence electrons. The Hall–Kier alpha value is -1.07. The predicted molar refractivity (Wildman–Crippen MR) is 73.0 cm³/mol. The second kappa shape index (κ2) is 6.39. The van der Waals surface area contributed by atoms with E-state index in [0.717, 1.165) is 5.56 Å². The summed E-state index contributed by atoms with van der Waals surface area (Å²) in [5.41, 5.74) is 1.21. The lowest BCUT2D eigenvalue weighted by molar-refractivity contribution is -0.121. The molecule has 0 spiro atoms. The predicted octanol–water partition coefficient (Wildman–Crippen LogP) is 2.09. The Balaban J connectivity index is 2.37. The first-order valence-corrected chi connectivity index (χ1v) is 6.65. The zero-order valence-corrected chi connectivity index (χ0v) is 12.5. The van der Waals surface area contributed by atoms with Crippen molar-refractivity contribution in [2.45, 2.75) is 46.6 Å². The number of carbonyl (C=O) groups is 1. The van der Waals surface area contributed by atoms with Crippen LogP contribution in [-0.4, -0.2) is 28.8 Å². The maximum atomic E-state index is 11.7. The number of aliphatic hydroxyl groups is 1. The van der Waals surface area contributed by atoms with Crippen molar-refractivity contribution in [2.24, 2.45) is 5.41 Å². The van der Waals surface area contributed by atoms with E-state index in [1.807, 2.05) is 20.8 Å². The van der Waals surface area contributed by atoms with Crippen molar-refractivity contribution in [3.05, 3.63) is 16.5 Å². The molecule has 1 aromatic heterocycles. The van der Waals surface area contributed by atoms with Crippen LogP contribution in [0.5, 0.6) is 0 Å². The van der Waals surface area contributed by atoms with Crippen molar-refractivity contribution in [3.63, 3.8) is 0 Å². The summed E-state index contributed by atoms with van der Waals surface area (Å²) >= 11 is 5.82. The summed E-state index contributed by atoms with van der Waals surface area (Å²) in [6.45, 7) is 7.79. The Labute approximate surface area is 118 Å². The van der Waals surface area contributed by atoms with Crippen LogP contribution in [0.3, 0.4) is 0 Å². The first kappa shape index (κ1) is 16.0. The highest BCUT2D eigenvalue weighted by atomic mass is 35.5. The molecule has 0 fully saturated rings. The molecule has 1 aromatic rings. The van der Waals surface area contributed by atoms with E-state index in [4.69, 9.17) is 16.1 Å². The van der Waals surface area contributed by atoms with Crippen molar-refractivity contribution < 1.29 is 14.4 Å². The highest BCUT2D eigenvalue weighted by molar-refractivity contribution is 6.29. The molecule has 0 aliphatic heterocycles. The van der Waals surface area contributed by atoms with Crippen LogP contribution >= 0.6 is 11.6 Å². The third kappa shape index (κ3) is 4.84. The van der Waals surface area contributed by atoms with Gasteiger partial charge in [-0.2, -0.15) is 0 Å². The van der Waals surface area contributed by atoms with Gasteiger partial charge < -0.3 is 14.9 Å². The van der Waals surface area contributed by atoms with Gasteiger partial charge in [0.1, 0.15) is 0 Å². The normalized spacial score (nSPS) is 13.4. The first-order chi connectivity index (χ1) is 8.71. The molecule has 1 unspecified atom stereocenters. The van der Waals surface area contributed by atoms with Gasteiger partial charge >= 0.3 is 0 Å². The minimum absolute atomic E-state index is 0.125. The van der Waals surface area contributed by atoms with Gasteiger partial charge in [-0.3, -0.25) is 4.79 Å². The summed E-state index contributed by atoms with van der Waals surface area (Å²) in [5.74, 6) is -0.125. The van der Waals surface area contributed by atoms with E-state index in [-0.39, 0.29) is 23.1 Å². The van der Waals surface area contributed by atoms with Crippen LogP contribution in [0.25, 0.3) is 0 Å². The standard InChI is InChI=1S/C13H21ClN2O3/c1-8-9(12(14)19-16-8)5-6-11(18)15-7-10(17)13(2,3)4/h10,17H,5-7H2,1-4H3,(H,15,18). The molecular formula is C13H21ClN2O3. The number of carbonyl (C=O) groups excluding carboxylic acids is 1. The molecule has 1 rings (SSSR count). The van der Waals surface area contributed by atoms with E-state index >= 15 is 0 Å². The molecule has 19 heavy (non-hydrogen) atoms. The molecule has 0 saturated heterocycles. The number of nitrogens with zero attached hydrogens (tertiary/aromatic N) is 1. The van der Waals surface area contributed by atoms with Gasteiger partial charge in [0.05, 0.1) is 11.8 Å². The fraction of sp³-hybridized carbons (Fsp3) is 0.692. The van der Waals surface area contributed by atoms with Crippen LogP contribution in [0.2, 0.25) is 5.22 Å². The van der Waals surface area contributed by atoms with E-state index in [2.05, 4.69) is 10.5 Å². The number of hydrogen-bond acceptors (Lipinski definition) is 4. The average molecular weight is 289 g/mol. The first-order valence-electron chi connectivity index (χ1n) is 6.27. The van der Waals surface area contributed by atoms with Gasteiger partial charge in [-0.1, -0.05) is 25.9 Å². The Morgan fingerprint density at radius 2 is 2.16 bits per heavy atom. The number of hydrogen-bond donors (Lipinski definition) is 2. The summed E-state index contributed by atoms with van der Waals surface area (Å²) in [4.78, 5) is 11.7. The number of aromatic nitrogens is 1. The molecule has 6 heteroatoms.